The smallest absolute Gasteiger partial charge is 0.138 e. The Bertz CT molecular complexity index is 610. The van der Waals surface area contributed by atoms with Gasteiger partial charge in [-0.2, -0.15) is 0 Å². The van der Waals surface area contributed by atoms with Crippen molar-refractivity contribution in [1.82, 2.24) is 0 Å². The van der Waals surface area contributed by atoms with E-state index in [0.717, 1.165) is 25.7 Å². The van der Waals surface area contributed by atoms with Crippen LogP contribution in [0, 0.1) is 5.92 Å². The number of ether oxygens (including phenoxy) is 2. The van der Waals surface area contributed by atoms with Crippen molar-refractivity contribution in [2.75, 3.05) is 6.61 Å². The van der Waals surface area contributed by atoms with E-state index < -0.39 is 37.1 Å². The van der Waals surface area contributed by atoms with Gasteiger partial charge in [-0.05, 0) is 42.9 Å². The van der Waals surface area contributed by atoms with Crippen molar-refractivity contribution in [3.63, 3.8) is 0 Å². The van der Waals surface area contributed by atoms with Crippen molar-refractivity contribution >= 4 is 11.6 Å². The highest BCUT2D eigenvalue weighted by atomic mass is 35.5. The zero-order chi connectivity index (χ0) is 18.8. The molecule has 1 aromatic rings. The lowest BCUT2D eigenvalue weighted by Gasteiger charge is -2.40. The molecule has 146 valence electrons. The Morgan fingerprint density at radius 1 is 1.15 bits per heavy atom. The van der Waals surface area contributed by atoms with Crippen LogP contribution in [0.3, 0.4) is 0 Å². The highest BCUT2D eigenvalue weighted by Crippen LogP contribution is 2.38. The average Bonchev–Trinajstić information content (AvgIpc) is 3.10. The Morgan fingerprint density at radius 2 is 1.92 bits per heavy atom. The molecule has 0 spiro atoms. The zero-order valence-corrected chi connectivity index (χ0v) is 15.5. The van der Waals surface area contributed by atoms with E-state index in [1.807, 2.05) is 0 Å². The highest BCUT2D eigenvalue weighted by molar-refractivity contribution is 6.32. The lowest BCUT2D eigenvalue weighted by molar-refractivity contribution is -0.231. The molecule has 0 bridgehead atoms. The summed E-state index contributed by atoms with van der Waals surface area (Å²) in [5.41, 5.74) is 0.575. The van der Waals surface area contributed by atoms with Gasteiger partial charge in [0.1, 0.15) is 36.3 Å². The summed E-state index contributed by atoms with van der Waals surface area (Å²) in [6, 6.07) is 5.06. The molecular formula is C19H27ClO6. The van der Waals surface area contributed by atoms with E-state index in [1.165, 1.54) is 0 Å². The van der Waals surface area contributed by atoms with E-state index in [-0.39, 0.29) is 6.10 Å². The Morgan fingerprint density at radius 3 is 2.58 bits per heavy atom. The zero-order valence-electron chi connectivity index (χ0n) is 14.8. The molecule has 0 amide bonds. The number of aliphatic hydroxyl groups is 4. The number of benzene rings is 1. The molecule has 1 saturated carbocycles. The van der Waals surface area contributed by atoms with Crippen LogP contribution < -0.4 is 4.74 Å². The number of hydrogen-bond donors (Lipinski definition) is 4. The minimum atomic E-state index is -1.41. The second kappa shape index (κ2) is 8.42. The van der Waals surface area contributed by atoms with Gasteiger partial charge in [0.2, 0.25) is 0 Å². The van der Waals surface area contributed by atoms with Gasteiger partial charge in [-0.15, -0.1) is 0 Å². The summed E-state index contributed by atoms with van der Waals surface area (Å²) in [7, 11) is 0. The van der Waals surface area contributed by atoms with E-state index in [2.05, 4.69) is 6.92 Å². The van der Waals surface area contributed by atoms with Gasteiger partial charge < -0.3 is 29.9 Å². The first-order valence-corrected chi connectivity index (χ1v) is 9.59. The van der Waals surface area contributed by atoms with Crippen molar-refractivity contribution in [2.45, 2.75) is 69.2 Å². The van der Waals surface area contributed by atoms with Crippen LogP contribution in [0.1, 0.15) is 44.3 Å². The molecule has 7 heteroatoms. The fourth-order valence-corrected chi connectivity index (χ4v) is 4.01. The first-order chi connectivity index (χ1) is 12.4. The van der Waals surface area contributed by atoms with Gasteiger partial charge >= 0.3 is 0 Å². The van der Waals surface area contributed by atoms with Crippen molar-refractivity contribution in [3.8, 4) is 5.75 Å². The van der Waals surface area contributed by atoms with Crippen LogP contribution in [-0.2, 0) is 4.74 Å². The molecule has 1 aliphatic heterocycles. The Balaban J connectivity index is 1.78. The van der Waals surface area contributed by atoms with E-state index in [9.17, 15) is 20.4 Å². The van der Waals surface area contributed by atoms with Gasteiger partial charge in [0.25, 0.3) is 0 Å². The molecule has 1 aliphatic carbocycles. The molecule has 2 unspecified atom stereocenters. The first-order valence-electron chi connectivity index (χ1n) is 9.21. The first kappa shape index (κ1) is 19.9. The van der Waals surface area contributed by atoms with E-state index in [4.69, 9.17) is 21.1 Å². The molecular weight excluding hydrogens is 360 g/mol. The summed E-state index contributed by atoms with van der Waals surface area (Å²) in [4.78, 5) is 0. The maximum atomic E-state index is 10.3. The van der Waals surface area contributed by atoms with E-state index in [0.29, 0.717) is 22.3 Å². The second-order valence-corrected chi connectivity index (χ2v) is 7.67. The van der Waals surface area contributed by atoms with Crippen molar-refractivity contribution in [2.24, 2.45) is 5.92 Å². The predicted molar refractivity (Wildman–Crippen MR) is 96.2 cm³/mol. The van der Waals surface area contributed by atoms with E-state index >= 15 is 0 Å². The molecule has 7 atom stereocenters. The van der Waals surface area contributed by atoms with Crippen LogP contribution in [0.15, 0.2) is 18.2 Å². The minimum absolute atomic E-state index is 0.113. The van der Waals surface area contributed by atoms with Crippen LogP contribution >= 0.6 is 11.6 Å². The maximum Gasteiger partial charge on any atom is 0.138 e. The number of halogens is 1. The standard InChI is InChI=1S/C19H27ClO6/c1-2-10-3-5-12(7-10)25-14-8-11(4-6-13(14)20)19-18(24)17(23)16(22)15(9-21)26-19/h4,6,8,10,12,15-19,21-24H,2-3,5,7,9H2,1H3/t10?,12?,15-,16-,17+,18-,19+/m1/s1. The van der Waals surface area contributed by atoms with Crippen LogP contribution in [0.25, 0.3) is 0 Å². The molecule has 26 heavy (non-hydrogen) atoms. The molecule has 0 radical (unpaired) electrons. The summed E-state index contributed by atoms with van der Waals surface area (Å²) >= 11 is 6.27. The largest absolute Gasteiger partial charge is 0.489 e. The fraction of sp³-hybridized carbons (Fsp3) is 0.684. The van der Waals surface area contributed by atoms with Gasteiger partial charge in [-0.25, -0.2) is 0 Å². The average molecular weight is 387 g/mol. The lowest BCUT2D eigenvalue weighted by atomic mass is 9.91. The Hall–Kier alpha value is -0.890. The van der Waals surface area contributed by atoms with Crippen molar-refractivity contribution in [1.29, 1.82) is 0 Å². The fourth-order valence-electron chi connectivity index (χ4n) is 3.85. The van der Waals surface area contributed by atoms with Crippen molar-refractivity contribution in [3.05, 3.63) is 28.8 Å². The third kappa shape index (κ3) is 4.01. The second-order valence-electron chi connectivity index (χ2n) is 7.27. The Labute approximate surface area is 158 Å². The van der Waals surface area contributed by atoms with Crippen LogP contribution in [0.5, 0.6) is 5.75 Å². The molecule has 2 aliphatic rings. The molecule has 1 aromatic carbocycles. The van der Waals surface area contributed by atoms with E-state index in [1.54, 1.807) is 18.2 Å². The molecule has 4 N–H and O–H groups in total. The van der Waals surface area contributed by atoms with Gasteiger partial charge in [0.15, 0.2) is 0 Å². The number of hydrogen-bond acceptors (Lipinski definition) is 6. The van der Waals surface area contributed by atoms with Crippen LogP contribution in [-0.4, -0.2) is 57.6 Å². The molecule has 6 nitrogen and oxygen atoms in total. The molecule has 1 saturated heterocycles. The van der Waals surface area contributed by atoms with Gasteiger partial charge in [0, 0.05) is 0 Å². The third-order valence-electron chi connectivity index (χ3n) is 5.54. The maximum absolute atomic E-state index is 10.3. The summed E-state index contributed by atoms with van der Waals surface area (Å²) in [5.74, 6) is 1.19. The summed E-state index contributed by atoms with van der Waals surface area (Å²) in [6.45, 7) is 1.72. The summed E-state index contributed by atoms with van der Waals surface area (Å²) < 4.78 is 11.7. The molecule has 1 heterocycles. The quantitative estimate of drug-likeness (QED) is 0.616. The molecule has 0 aromatic heterocycles. The monoisotopic (exact) mass is 386 g/mol. The van der Waals surface area contributed by atoms with Gasteiger partial charge in [-0.3, -0.25) is 0 Å². The molecule has 2 fully saturated rings. The van der Waals surface area contributed by atoms with Crippen molar-refractivity contribution < 1.29 is 29.9 Å². The van der Waals surface area contributed by atoms with Crippen LogP contribution in [0.2, 0.25) is 5.02 Å². The SMILES string of the molecule is CCC1CCC(Oc2cc([C@@H]3O[C@H](CO)[C@@H](O)[C@H](O)[C@H]3O)ccc2Cl)C1. The van der Waals surface area contributed by atoms with Crippen LogP contribution in [0.4, 0.5) is 0 Å². The normalized spacial score (nSPS) is 37.7. The molecule has 3 rings (SSSR count). The van der Waals surface area contributed by atoms with Gasteiger partial charge in [-0.1, -0.05) is 31.0 Å². The number of aliphatic hydroxyl groups excluding tert-OH is 4. The number of rotatable bonds is 5. The minimum Gasteiger partial charge on any atom is -0.489 e. The third-order valence-corrected chi connectivity index (χ3v) is 5.85. The topological polar surface area (TPSA) is 99.4 Å². The highest BCUT2D eigenvalue weighted by Gasteiger charge is 2.44. The summed E-state index contributed by atoms with van der Waals surface area (Å²) in [5, 5.41) is 40.0. The predicted octanol–water partition coefficient (Wildman–Crippen LogP) is 1.81. The summed E-state index contributed by atoms with van der Waals surface area (Å²) in [6.07, 6.45) is -1.57. The lowest BCUT2D eigenvalue weighted by Crippen LogP contribution is -2.55. The van der Waals surface area contributed by atoms with Gasteiger partial charge in [0.05, 0.1) is 17.7 Å². The Kier molecular flexibility index (Phi) is 6.43.